The van der Waals surface area contributed by atoms with E-state index in [2.05, 4.69) is 10.6 Å². The van der Waals surface area contributed by atoms with Gasteiger partial charge in [-0.25, -0.2) is 0 Å². The van der Waals surface area contributed by atoms with Crippen LogP contribution in [0.3, 0.4) is 0 Å². The third-order valence-electron chi connectivity index (χ3n) is 4.62. The maximum atomic E-state index is 12.6. The topological polar surface area (TPSA) is 76.7 Å². The van der Waals surface area contributed by atoms with Gasteiger partial charge in [0.2, 0.25) is 5.91 Å². The molecule has 0 bridgehead atoms. The third-order valence-corrected chi connectivity index (χ3v) is 4.62. The molecule has 0 saturated heterocycles. The summed E-state index contributed by atoms with van der Waals surface area (Å²) in [6.45, 7) is 7.78. The summed E-state index contributed by atoms with van der Waals surface area (Å²) in [4.78, 5) is 23.9. The minimum Gasteiger partial charge on any atom is -0.492 e. The van der Waals surface area contributed by atoms with Gasteiger partial charge in [-0.3, -0.25) is 9.59 Å². The van der Waals surface area contributed by atoms with Gasteiger partial charge in [0.05, 0.1) is 12.3 Å². The van der Waals surface area contributed by atoms with Crippen molar-refractivity contribution < 1.29 is 19.1 Å². The summed E-state index contributed by atoms with van der Waals surface area (Å²) in [5.41, 5.74) is 3.09. The highest BCUT2D eigenvalue weighted by molar-refractivity contribution is 5.98. The number of hydrogen-bond acceptors (Lipinski definition) is 5. The number of ether oxygens (including phenoxy) is 2. The second kappa shape index (κ2) is 8.33. The number of ketones is 1. The molecular formula is C22H26N2O4. The van der Waals surface area contributed by atoms with Gasteiger partial charge in [0.25, 0.3) is 0 Å². The molecule has 0 radical (unpaired) electrons. The number of amides is 1. The molecule has 2 aromatic carbocycles. The van der Waals surface area contributed by atoms with Gasteiger partial charge in [-0.1, -0.05) is 0 Å². The molecule has 2 N–H and O–H groups in total. The van der Waals surface area contributed by atoms with Gasteiger partial charge in [0.15, 0.2) is 5.78 Å². The van der Waals surface area contributed by atoms with E-state index in [4.69, 9.17) is 9.47 Å². The summed E-state index contributed by atoms with van der Waals surface area (Å²) in [6, 6.07) is 10.2. The molecule has 28 heavy (non-hydrogen) atoms. The van der Waals surface area contributed by atoms with Crippen LogP contribution in [0.25, 0.3) is 0 Å². The number of benzene rings is 2. The van der Waals surface area contributed by atoms with Crippen molar-refractivity contribution in [3.05, 3.63) is 47.5 Å². The highest BCUT2D eigenvalue weighted by atomic mass is 16.5. The summed E-state index contributed by atoms with van der Waals surface area (Å²) < 4.78 is 11.6. The lowest BCUT2D eigenvalue weighted by molar-refractivity contribution is -0.116. The molecule has 0 saturated carbocycles. The fourth-order valence-electron chi connectivity index (χ4n) is 3.16. The second-order valence-electron chi connectivity index (χ2n) is 7.01. The summed E-state index contributed by atoms with van der Waals surface area (Å²) in [5.74, 6) is 1.34. The molecule has 0 aliphatic carbocycles. The number of anilines is 2. The minimum absolute atomic E-state index is 0.00971. The van der Waals surface area contributed by atoms with Gasteiger partial charge in [-0.2, -0.15) is 0 Å². The Labute approximate surface area is 165 Å². The van der Waals surface area contributed by atoms with E-state index in [1.165, 1.54) is 6.92 Å². The third kappa shape index (κ3) is 4.44. The molecule has 2 atom stereocenters. The van der Waals surface area contributed by atoms with Crippen molar-refractivity contribution in [2.24, 2.45) is 0 Å². The zero-order valence-corrected chi connectivity index (χ0v) is 16.7. The van der Waals surface area contributed by atoms with Gasteiger partial charge in [0, 0.05) is 29.3 Å². The highest BCUT2D eigenvalue weighted by Gasteiger charge is 2.23. The van der Waals surface area contributed by atoms with E-state index in [0.29, 0.717) is 23.6 Å². The Morgan fingerprint density at radius 3 is 2.61 bits per heavy atom. The summed E-state index contributed by atoms with van der Waals surface area (Å²) in [7, 11) is 0. The van der Waals surface area contributed by atoms with Crippen LogP contribution >= 0.6 is 0 Å². The van der Waals surface area contributed by atoms with Crippen LogP contribution < -0.4 is 20.1 Å². The SMILES string of the molecule is CCOc1cc2c(cc1N[C@H](C)C(=O)Nc1ccc(C(C)=O)cc1)O[C@@H](C)C2. The molecule has 0 unspecified atom stereocenters. The quantitative estimate of drug-likeness (QED) is 0.707. The Hall–Kier alpha value is -3.02. The van der Waals surface area contributed by atoms with Crippen LogP contribution in [0.4, 0.5) is 11.4 Å². The first-order chi connectivity index (χ1) is 13.4. The Kier molecular flexibility index (Phi) is 5.87. The summed E-state index contributed by atoms with van der Waals surface area (Å²) in [5, 5.41) is 6.07. The summed E-state index contributed by atoms with van der Waals surface area (Å²) >= 11 is 0. The van der Waals surface area contributed by atoms with Crippen LogP contribution in [0.5, 0.6) is 11.5 Å². The molecule has 148 valence electrons. The number of rotatable bonds is 7. The highest BCUT2D eigenvalue weighted by Crippen LogP contribution is 2.38. The van der Waals surface area contributed by atoms with Gasteiger partial charge in [-0.15, -0.1) is 0 Å². The van der Waals surface area contributed by atoms with E-state index in [1.807, 2.05) is 26.0 Å². The van der Waals surface area contributed by atoms with Crippen LogP contribution in [0, 0.1) is 0 Å². The lowest BCUT2D eigenvalue weighted by atomic mass is 10.1. The standard InChI is InChI=1S/C22H26N2O4/c1-5-27-21-11-17-10-13(2)28-20(17)12-19(21)23-14(3)22(26)24-18-8-6-16(7-9-18)15(4)25/h6-9,11-14,23H,5,10H2,1-4H3,(H,24,26)/t13-,14+/m0/s1. The van der Waals surface area contributed by atoms with Gasteiger partial charge in [-0.05, 0) is 58.0 Å². The molecule has 0 spiro atoms. The molecular weight excluding hydrogens is 356 g/mol. The van der Waals surface area contributed by atoms with Crippen molar-refractivity contribution in [3.63, 3.8) is 0 Å². The first-order valence-electron chi connectivity index (χ1n) is 9.52. The Morgan fingerprint density at radius 1 is 1.25 bits per heavy atom. The first kappa shape index (κ1) is 19.7. The van der Waals surface area contributed by atoms with Crippen molar-refractivity contribution in [2.45, 2.75) is 46.3 Å². The predicted molar refractivity (Wildman–Crippen MR) is 110 cm³/mol. The number of Topliss-reactive ketones (excluding diaryl/α,β-unsaturated/α-hetero) is 1. The van der Waals surface area contributed by atoms with Gasteiger partial charge < -0.3 is 20.1 Å². The van der Waals surface area contributed by atoms with Gasteiger partial charge in [0.1, 0.15) is 23.6 Å². The lowest BCUT2D eigenvalue weighted by Crippen LogP contribution is -2.32. The smallest absolute Gasteiger partial charge is 0.246 e. The first-order valence-corrected chi connectivity index (χ1v) is 9.52. The van der Waals surface area contributed by atoms with E-state index in [-0.39, 0.29) is 17.8 Å². The fourth-order valence-corrected chi connectivity index (χ4v) is 3.16. The van der Waals surface area contributed by atoms with Crippen molar-refractivity contribution in [2.75, 3.05) is 17.2 Å². The largest absolute Gasteiger partial charge is 0.492 e. The van der Waals surface area contributed by atoms with E-state index in [1.54, 1.807) is 31.2 Å². The average molecular weight is 382 g/mol. The lowest BCUT2D eigenvalue weighted by Gasteiger charge is -2.19. The molecule has 1 heterocycles. The molecule has 0 fully saturated rings. The molecule has 1 aliphatic rings. The molecule has 6 heteroatoms. The van der Waals surface area contributed by atoms with Crippen LogP contribution in [-0.2, 0) is 11.2 Å². The molecule has 0 aromatic heterocycles. The number of carbonyl (C=O) groups excluding carboxylic acids is 2. The van der Waals surface area contributed by atoms with Crippen LogP contribution in [-0.4, -0.2) is 30.4 Å². The molecule has 1 aliphatic heterocycles. The zero-order valence-electron chi connectivity index (χ0n) is 16.7. The zero-order chi connectivity index (χ0) is 20.3. The number of fused-ring (bicyclic) bond motifs is 1. The molecule has 6 nitrogen and oxygen atoms in total. The van der Waals surface area contributed by atoms with Crippen molar-refractivity contribution in [3.8, 4) is 11.5 Å². The van der Waals surface area contributed by atoms with E-state index >= 15 is 0 Å². The number of hydrogen-bond donors (Lipinski definition) is 2. The maximum Gasteiger partial charge on any atom is 0.246 e. The number of carbonyl (C=O) groups is 2. The van der Waals surface area contributed by atoms with Crippen molar-refractivity contribution in [1.29, 1.82) is 0 Å². The minimum atomic E-state index is -0.497. The number of nitrogens with one attached hydrogen (secondary N) is 2. The van der Waals surface area contributed by atoms with Crippen LogP contribution in [0.2, 0.25) is 0 Å². The van der Waals surface area contributed by atoms with E-state index in [0.717, 1.165) is 23.4 Å². The van der Waals surface area contributed by atoms with Crippen molar-refractivity contribution >= 4 is 23.1 Å². The van der Waals surface area contributed by atoms with Crippen LogP contribution in [0.1, 0.15) is 43.6 Å². The van der Waals surface area contributed by atoms with Crippen molar-refractivity contribution in [1.82, 2.24) is 0 Å². The average Bonchev–Trinajstić information content (AvgIpc) is 3.01. The van der Waals surface area contributed by atoms with Crippen LogP contribution in [0.15, 0.2) is 36.4 Å². The normalized spacial score (nSPS) is 15.9. The Balaban J connectivity index is 1.71. The van der Waals surface area contributed by atoms with E-state index in [9.17, 15) is 9.59 Å². The van der Waals surface area contributed by atoms with Gasteiger partial charge >= 0.3 is 0 Å². The molecule has 3 rings (SSSR count). The fraction of sp³-hybridized carbons (Fsp3) is 0.364. The molecule has 1 amide bonds. The Bertz CT molecular complexity index is 877. The van der Waals surface area contributed by atoms with E-state index < -0.39 is 6.04 Å². The maximum absolute atomic E-state index is 12.6. The monoisotopic (exact) mass is 382 g/mol. The Morgan fingerprint density at radius 2 is 1.96 bits per heavy atom. The predicted octanol–water partition coefficient (Wildman–Crippen LogP) is 4.05. The second-order valence-corrected chi connectivity index (χ2v) is 7.01. The molecule has 2 aromatic rings. The summed E-state index contributed by atoms with van der Waals surface area (Å²) in [6.07, 6.45) is 0.987.